The molecule has 0 bridgehead atoms. The van der Waals surface area contributed by atoms with Crippen LogP contribution in [-0.4, -0.2) is 26.8 Å². The highest BCUT2D eigenvalue weighted by Gasteiger charge is 2.22. The van der Waals surface area contributed by atoms with Crippen molar-refractivity contribution in [3.8, 4) is 0 Å². The normalized spacial score (nSPS) is 19.3. The van der Waals surface area contributed by atoms with Gasteiger partial charge < -0.3 is 5.32 Å². The first-order valence-corrected chi connectivity index (χ1v) is 7.51. The van der Waals surface area contributed by atoms with Crippen molar-refractivity contribution in [3.63, 3.8) is 0 Å². The lowest BCUT2D eigenvalue weighted by Crippen LogP contribution is -2.43. The molecule has 2 heterocycles. The highest BCUT2D eigenvalue weighted by Crippen LogP contribution is 2.15. The van der Waals surface area contributed by atoms with Gasteiger partial charge in [0.05, 0.1) is 6.54 Å². The molecule has 0 aliphatic carbocycles. The summed E-state index contributed by atoms with van der Waals surface area (Å²) >= 11 is 0. The van der Waals surface area contributed by atoms with Crippen molar-refractivity contribution in [1.29, 1.82) is 0 Å². The van der Waals surface area contributed by atoms with Crippen molar-refractivity contribution >= 4 is 0 Å². The van der Waals surface area contributed by atoms with E-state index < -0.39 is 0 Å². The lowest BCUT2D eigenvalue weighted by molar-refractivity contribution is 0.330. The molecule has 1 aromatic heterocycles. The van der Waals surface area contributed by atoms with Crippen molar-refractivity contribution in [2.24, 2.45) is 0 Å². The number of nitrogens with one attached hydrogen (secondary N) is 1. The largest absolute Gasteiger partial charge is 0.309 e. The monoisotopic (exact) mass is 288 g/mol. The Kier molecular flexibility index (Phi) is 4.01. The molecule has 2 atom stereocenters. The molecule has 0 saturated carbocycles. The summed E-state index contributed by atoms with van der Waals surface area (Å²) in [5, 5.41) is 8.00. The predicted molar refractivity (Wildman–Crippen MR) is 79.6 cm³/mol. The first-order valence-electron chi connectivity index (χ1n) is 7.51. The molecule has 112 valence electrons. The summed E-state index contributed by atoms with van der Waals surface area (Å²) in [6.45, 7) is 4.88. The van der Waals surface area contributed by atoms with Crippen molar-refractivity contribution in [3.05, 3.63) is 47.3 Å². The fraction of sp³-hybridized carbons (Fsp3) is 0.500. The van der Waals surface area contributed by atoms with Gasteiger partial charge in [-0.15, -0.1) is 0 Å². The van der Waals surface area contributed by atoms with Crippen LogP contribution in [0.4, 0.5) is 4.39 Å². The molecule has 0 unspecified atom stereocenters. The quantitative estimate of drug-likeness (QED) is 0.938. The summed E-state index contributed by atoms with van der Waals surface area (Å²) < 4.78 is 15.7. The molecular weight excluding hydrogens is 267 g/mol. The van der Waals surface area contributed by atoms with E-state index in [2.05, 4.69) is 22.3 Å². The van der Waals surface area contributed by atoms with E-state index >= 15 is 0 Å². The molecular formula is C16H21FN4. The summed E-state index contributed by atoms with van der Waals surface area (Å²) in [6, 6.07) is 7.60. The smallest absolute Gasteiger partial charge is 0.147 e. The van der Waals surface area contributed by atoms with Gasteiger partial charge in [-0.3, -0.25) is 0 Å². The van der Waals surface area contributed by atoms with Crippen LogP contribution in [0, 0.1) is 12.7 Å². The molecule has 5 heteroatoms. The number of halogens is 1. The van der Waals surface area contributed by atoms with Gasteiger partial charge in [0.15, 0.2) is 0 Å². The van der Waals surface area contributed by atoms with Gasteiger partial charge >= 0.3 is 0 Å². The Balaban J connectivity index is 1.59. The number of hydrogen-bond donors (Lipinski definition) is 1. The summed E-state index contributed by atoms with van der Waals surface area (Å²) in [4.78, 5) is 4.42. The third-order valence-corrected chi connectivity index (χ3v) is 3.97. The van der Waals surface area contributed by atoms with Gasteiger partial charge in [-0.05, 0) is 38.3 Å². The Morgan fingerprint density at radius 2 is 2.24 bits per heavy atom. The summed E-state index contributed by atoms with van der Waals surface area (Å²) in [7, 11) is 0. The van der Waals surface area contributed by atoms with Gasteiger partial charge in [-0.25, -0.2) is 14.1 Å². The molecule has 1 N–H and O–H groups in total. The summed E-state index contributed by atoms with van der Waals surface area (Å²) in [5.74, 6) is 1.79. The van der Waals surface area contributed by atoms with Crippen molar-refractivity contribution < 1.29 is 4.39 Å². The Morgan fingerprint density at radius 3 is 3.05 bits per heavy atom. The second-order valence-corrected chi connectivity index (χ2v) is 5.86. The number of nitrogens with zero attached hydrogens (tertiary/aromatic N) is 3. The molecule has 2 aromatic rings. The molecule has 0 fully saturated rings. The van der Waals surface area contributed by atoms with Crippen LogP contribution in [-0.2, 0) is 19.4 Å². The third kappa shape index (κ3) is 3.29. The molecule has 0 saturated heterocycles. The number of aromatic nitrogens is 3. The van der Waals surface area contributed by atoms with Crippen molar-refractivity contribution in [2.75, 3.05) is 0 Å². The molecule has 1 aliphatic heterocycles. The van der Waals surface area contributed by atoms with E-state index in [0.29, 0.717) is 12.5 Å². The van der Waals surface area contributed by atoms with E-state index in [0.717, 1.165) is 36.6 Å². The van der Waals surface area contributed by atoms with Crippen LogP contribution in [0.25, 0.3) is 0 Å². The minimum atomic E-state index is -0.121. The zero-order chi connectivity index (χ0) is 14.8. The maximum absolute atomic E-state index is 13.7. The average Bonchev–Trinajstić information content (AvgIpc) is 2.80. The van der Waals surface area contributed by atoms with Gasteiger partial charge in [0, 0.05) is 18.5 Å². The molecule has 4 nitrogen and oxygen atoms in total. The number of benzene rings is 1. The van der Waals surface area contributed by atoms with Gasteiger partial charge in [0.1, 0.15) is 17.5 Å². The minimum Gasteiger partial charge on any atom is -0.309 e. The van der Waals surface area contributed by atoms with Crippen LogP contribution in [0.15, 0.2) is 24.3 Å². The second-order valence-electron chi connectivity index (χ2n) is 5.86. The van der Waals surface area contributed by atoms with Crippen molar-refractivity contribution in [1.82, 2.24) is 20.1 Å². The lowest BCUT2D eigenvalue weighted by atomic mass is 10.0. The van der Waals surface area contributed by atoms with Crippen LogP contribution in [0.3, 0.4) is 0 Å². The standard InChI is InChI=1S/C16H21FN4/c1-11(9-13-5-3-4-6-15(13)17)18-14-7-8-16-19-12(2)20-21(16)10-14/h3-6,11,14,18H,7-10H2,1-2H3/t11-,14+/m0/s1. The Hall–Kier alpha value is -1.75. The lowest BCUT2D eigenvalue weighted by Gasteiger charge is -2.27. The van der Waals surface area contributed by atoms with E-state index in [1.165, 1.54) is 6.07 Å². The maximum atomic E-state index is 13.7. The van der Waals surface area contributed by atoms with E-state index in [-0.39, 0.29) is 11.9 Å². The fourth-order valence-electron chi connectivity index (χ4n) is 3.02. The number of aryl methyl sites for hydroxylation is 2. The molecule has 21 heavy (non-hydrogen) atoms. The van der Waals surface area contributed by atoms with Crippen LogP contribution < -0.4 is 5.32 Å². The van der Waals surface area contributed by atoms with E-state index in [1.807, 2.05) is 23.7 Å². The Labute approximate surface area is 124 Å². The van der Waals surface area contributed by atoms with E-state index in [1.54, 1.807) is 6.07 Å². The first-order chi connectivity index (χ1) is 10.1. The van der Waals surface area contributed by atoms with Gasteiger partial charge in [-0.1, -0.05) is 18.2 Å². The number of fused-ring (bicyclic) bond motifs is 1. The van der Waals surface area contributed by atoms with E-state index in [4.69, 9.17) is 0 Å². The summed E-state index contributed by atoms with van der Waals surface area (Å²) in [6.07, 6.45) is 2.71. The average molecular weight is 288 g/mol. The third-order valence-electron chi connectivity index (χ3n) is 3.97. The van der Waals surface area contributed by atoms with Crippen LogP contribution in [0.5, 0.6) is 0 Å². The van der Waals surface area contributed by atoms with Crippen molar-refractivity contribution in [2.45, 2.75) is 51.7 Å². The van der Waals surface area contributed by atoms with Gasteiger partial charge in [-0.2, -0.15) is 5.10 Å². The first kappa shape index (κ1) is 14.2. The van der Waals surface area contributed by atoms with Gasteiger partial charge in [0.25, 0.3) is 0 Å². The molecule has 1 aliphatic rings. The Bertz CT molecular complexity index is 622. The zero-order valence-electron chi connectivity index (χ0n) is 12.5. The molecule has 3 rings (SSSR count). The second kappa shape index (κ2) is 5.93. The molecule has 0 amide bonds. The highest BCUT2D eigenvalue weighted by atomic mass is 19.1. The molecule has 0 spiro atoms. The SMILES string of the molecule is Cc1nc2n(n1)C[C@H](N[C@@H](C)Cc1ccccc1F)CC2. The van der Waals surface area contributed by atoms with Gasteiger partial charge in [0.2, 0.25) is 0 Å². The summed E-state index contributed by atoms with van der Waals surface area (Å²) in [5.41, 5.74) is 0.769. The van der Waals surface area contributed by atoms with E-state index in [9.17, 15) is 4.39 Å². The Morgan fingerprint density at radius 1 is 1.43 bits per heavy atom. The maximum Gasteiger partial charge on any atom is 0.147 e. The fourth-order valence-corrected chi connectivity index (χ4v) is 3.02. The topological polar surface area (TPSA) is 42.7 Å². The predicted octanol–water partition coefficient (Wildman–Crippen LogP) is 2.26. The minimum absolute atomic E-state index is 0.121. The molecule has 1 aromatic carbocycles. The number of hydrogen-bond acceptors (Lipinski definition) is 3. The van der Waals surface area contributed by atoms with Crippen LogP contribution in [0.1, 0.15) is 30.6 Å². The number of rotatable bonds is 4. The highest BCUT2D eigenvalue weighted by molar-refractivity contribution is 5.18. The zero-order valence-corrected chi connectivity index (χ0v) is 12.5. The molecule has 0 radical (unpaired) electrons. The van der Waals surface area contributed by atoms with Crippen LogP contribution >= 0.6 is 0 Å². The van der Waals surface area contributed by atoms with Crippen LogP contribution in [0.2, 0.25) is 0 Å².